The van der Waals surface area contributed by atoms with Crippen molar-refractivity contribution in [3.05, 3.63) is 18.2 Å². The minimum Gasteiger partial charge on any atom is -0.385 e. The highest BCUT2D eigenvalue weighted by molar-refractivity contribution is 4.99. The molecule has 0 saturated carbocycles. The molecule has 0 radical (unpaired) electrons. The number of hydrogen-bond donors (Lipinski definition) is 1. The van der Waals surface area contributed by atoms with Crippen molar-refractivity contribution in [2.45, 2.75) is 39.3 Å². The van der Waals surface area contributed by atoms with Crippen molar-refractivity contribution in [1.82, 2.24) is 14.9 Å². The minimum atomic E-state index is 0.343. The number of methoxy groups -OCH3 is 1. The lowest BCUT2D eigenvalue weighted by molar-refractivity contribution is 0.188. The molecule has 1 unspecified atom stereocenters. The van der Waals surface area contributed by atoms with Gasteiger partial charge in [0.05, 0.1) is 6.04 Å². The van der Waals surface area contributed by atoms with E-state index < -0.39 is 0 Å². The van der Waals surface area contributed by atoms with E-state index in [2.05, 4.69) is 28.7 Å². The Morgan fingerprint density at radius 3 is 2.94 bits per heavy atom. The van der Waals surface area contributed by atoms with Crippen molar-refractivity contribution in [1.29, 1.82) is 0 Å². The summed E-state index contributed by atoms with van der Waals surface area (Å²) in [6.45, 7) is 7.02. The molecule has 1 heterocycles. The fraction of sp³-hybridized carbons (Fsp3) is 0.750. The Hall–Kier alpha value is -0.870. The average molecular weight is 225 g/mol. The molecule has 4 heteroatoms. The van der Waals surface area contributed by atoms with Crippen molar-refractivity contribution in [3.8, 4) is 0 Å². The Morgan fingerprint density at radius 1 is 1.50 bits per heavy atom. The Bertz CT molecular complexity index is 286. The van der Waals surface area contributed by atoms with E-state index in [0.717, 1.165) is 38.4 Å². The van der Waals surface area contributed by atoms with Crippen LogP contribution in [0, 0.1) is 0 Å². The topological polar surface area (TPSA) is 39.1 Å². The van der Waals surface area contributed by atoms with E-state index in [9.17, 15) is 0 Å². The molecule has 4 nitrogen and oxygen atoms in total. The van der Waals surface area contributed by atoms with Gasteiger partial charge in [-0.15, -0.1) is 0 Å². The van der Waals surface area contributed by atoms with Crippen LogP contribution in [0.4, 0.5) is 0 Å². The third-order valence-electron chi connectivity index (χ3n) is 2.69. The van der Waals surface area contributed by atoms with Gasteiger partial charge >= 0.3 is 0 Å². The van der Waals surface area contributed by atoms with Gasteiger partial charge in [0, 0.05) is 32.7 Å². The highest BCUT2D eigenvalue weighted by Crippen LogP contribution is 2.16. The standard InChI is InChI=1S/C12H23N3O/c1-4-13-11(7-6-10-16-3)12-14-8-9-15(12)5-2/h8-9,11,13H,4-7,10H2,1-3H3. The number of imidazole rings is 1. The maximum Gasteiger partial charge on any atom is 0.125 e. The van der Waals surface area contributed by atoms with Crippen LogP contribution in [0.2, 0.25) is 0 Å². The number of nitrogens with zero attached hydrogens (tertiary/aromatic N) is 2. The largest absolute Gasteiger partial charge is 0.385 e. The molecule has 1 N–H and O–H groups in total. The molecule has 16 heavy (non-hydrogen) atoms. The van der Waals surface area contributed by atoms with E-state index in [-0.39, 0.29) is 0 Å². The summed E-state index contributed by atoms with van der Waals surface area (Å²) in [5.74, 6) is 1.14. The Balaban J connectivity index is 2.61. The Kier molecular flexibility index (Phi) is 6.11. The molecular weight excluding hydrogens is 202 g/mol. The van der Waals surface area contributed by atoms with Gasteiger partial charge in [-0.2, -0.15) is 0 Å². The van der Waals surface area contributed by atoms with Crippen LogP contribution in [0.5, 0.6) is 0 Å². The number of aryl methyl sites for hydroxylation is 1. The van der Waals surface area contributed by atoms with Gasteiger partial charge in [0.25, 0.3) is 0 Å². The van der Waals surface area contributed by atoms with Gasteiger partial charge in [-0.3, -0.25) is 0 Å². The summed E-state index contributed by atoms with van der Waals surface area (Å²) in [4.78, 5) is 4.44. The molecule has 0 aromatic carbocycles. The van der Waals surface area contributed by atoms with E-state index >= 15 is 0 Å². The zero-order valence-corrected chi connectivity index (χ0v) is 10.6. The van der Waals surface area contributed by atoms with Crippen LogP contribution < -0.4 is 5.32 Å². The summed E-state index contributed by atoms with van der Waals surface area (Å²) in [6.07, 6.45) is 6.04. The predicted octanol–water partition coefficient (Wildman–Crippen LogP) is 1.98. The molecule has 0 saturated heterocycles. The summed E-state index contributed by atoms with van der Waals surface area (Å²) in [7, 11) is 1.75. The van der Waals surface area contributed by atoms with E-state index in [0.29, 0.717) is 6.04 Å². The number of nitrogens with one attached hydrogen (secondary N) is 1. The first-order valence-corrected chi connectivity index (χ1v) is 6.06. The van der Waals surface area contributed by atoms with Crippen LogP contribution in [-0.4, -0.2) is 29.8 Å². The zero-order chi connectivity index (χ0) is 11.8. The van der Waals surface area contributed by atoms with Gasteiger partial charge < -0.3 is 14.6 Å². The van der Waals surface area contributed by atoms with Crippen LogP contribution in [-0.2, 0) is 11.3 Å². The molecule has 1 aromatic heterocycles. The molecule has 0 aliphatic heterocycles. The van der Waals surface area contributed by atoms with Crippen molar-refractivity contribution in [2.24, 2.45) is 0 Å². The lowest BCUT2D eigenvalue weighted by Gasteiger charge is -2.18. The van der Waals surface area contributed by atoms with E-state index in [1.165, 1.54) is 0 Å². The van der Waals surface area contributed by atoms with Gasteiger partial charge in [0.2, 0.25) is 0 Å². The van der Waals surface area contributed by atoms with Crippen LogP contribution in [0.15, 0.2) is 12.4 Å². The lowest BCUT2D eigenvalue weighted by atomic mass is 10.1. The SMILES string of the molecule is CCNC(CCCOC)c1nccn1CC. The highest BCUT2D eigenvalue weighted by atomic mass is 16.5. The Morgan fingerprint density at radius 2 is 2.31 bits per heavy atom. The van der Waals surface area contributed by atoms with Gasteiger partial charge in [-0.05, 0) is 26.3 Å². The second kappa shape index (κ2) is 7.41. The van der Waals surface area contributed by atoms with Crippen molar-refractivity contribution >= 4 is 0 Å². The maximum atomic E-state index is 5.09. The summed E-state index contributed by atoms with van der Waals surface area (Å²) in [5.41, 5.74) is 0. The normalized spacial score (nSPS) is 12.9. The highest BCUT2D eigenvalue weighted by Gasteiger charge is 2.14. The molecule has 1 atom stereocenters. The quantitative estimate of drug-likeness (QED) is 0.688. The average Bonchev–Trinajstić information content (AvgIpc) is 2.76. The van der Waals surface area contributed by atoms with Crippen molar-refractivity contribution < 1.29 is 4.74 Å². The molecule has 0 bridgehead atoms. The van der Waals surface area contributed by atoms with E-state index in [4.69, 9.17) is 4.74 Å². The first kappa shape index (κ1) is 13.2. The second-order valence-electron chi connectivity index (χ2n) is 3.82. The van der Waals surface area contributed by atoms with Gasteiger partial charge in [0.15, 0.2) is 0 Å². The number of ether oxygens (including phenoxy) is 1. The minimum absolute atomic E-state index is 0.343. The third kappa shape index (κ3) is 3.61. The van der Waals surface area contributed by atoms with Crippen LogP contribution >= 0.6 is 0 Å². The zero-order valence-electron chi connectivity index (χ0n) is 10.6. The molecule has 0 aliphatic carbocycles. The van der Waals surface area contributed by atoms with Crippen LogP contribution in [0.3, 0.4) is 0 Å². The van der Waals surface area contributed by atoms with Crippen molar-refractivity contribution in [2.75, 3.05) is 20.3 Å². The summed E-state index contributed by atoms with van der Waals surface area (Å²) >= 11 is 0. The maximum absolute atomic E-state index is 5.09. The first-order chi connectivity index (χ1) is 7.83. The summed E-state index contributed by atoms with van der Waals surface area (Å²) < 4.78 is 7.28. The van der Waals surface area contributed by atoms with Gasteiger partial charge in [-0.25, -0.2) is 4.98 Å². The number of hydrogen-bond acceptors (Lipinski definition) is 3. The molecule has 0 spiro atoms. The summed E-state index contributed by atoms with van der Waals surface area (Å²) in [5, 5.41) is 3.48. The molecule has 1 aromatic rings. The number of aromatic nitrogens is 2. The molecule has 92 valence electrons. The smallest absolute Gasteiger partial charge is 0.125 e. The first-order valence-electron chi connectivity index (χ1n) is 6.06. The van der Waals surface area contributed by atoms with Crippen LogP contribution in [0.25, 0.3) is 0 Å². The monoisotopic (exact) mass is 225 g/mol. The molecule has 0 aliphatic rings. The third-order valence-corrected chi connectivity index (χ3v) is 2.69. The fourth-order valence-corrected chi connectivity index (χ4v) is 1.90. The molecule has 0 fully saturated rings. The number of rotatable bonds is 8. The Labute approximate surface area is 98.0 Å². The van der Waals surface area contributed by atoms with E-state index in [1.807, 2.05) is 12.4 Å². The molecular formula is C12H23N3O. The molecule has 0 amide bonds. The summed E-state index contributed by atoms with van der Waals surface area (Å²) in [6, 6.07) is 0.343. The van der Waals surface area contributed by atoms with Gasteiger partial charge in [-0.1, -0.05) is 6.92 Å². The fourth-order valence-electron chi connectivity index (χ4n) is 1.90. The molecule has 1 rings (SSSR count). The second-order valence-corrected chi connectivity index (χ2v) is 3.82. The predicted molar refractivity (Wildman–Crippen MR) is 65.4 cm³/mol. The van der Waals surface area contributed by atoms with E-state index in [1.54, 1.807) is 7.11 Å². The van der Waals surface area contributed by atoms with Crippen LogP contribution in [0.1, 0.15) is 38.6 Å². The van der Waals surface area contributed by atoms with Crippen molar-refractivity contribution in [3.63, 3.8) is 0 Å². The lowest BCUT2D eigenvalue weighted by Crippen LogP contribution is -2.24. The van der Waals surface area contributed by atoms with Gasteiger partial charge in [0.1, 0.15) is 5.82 Å².